The number of carbonyl (C=O) groups is 2. The molecule has 146 valence electrons. The van der Waals surface area contributed by atoms with Crippen molar-refractivity contribution < 1.29 is 24.2 Å². The lowest BCUT2D eigenvalue weighted by Crippen LogP contribution is -2.19. The van der Waals surface area contributed by atoms with Crippen LogP contribution >= 0.6 is 0 Å². The maximum Gasteiger partial charge on any atom is 0.331 e. The number of methoxy groups -OCH3 is 1. The van der Waals surface area contributed by atoms with E-state index in [1.807, 2.05) is 12.1 Å². The largest absolute Gasteiger partial charge is 0.504 e. The van der Waals surface area contributed by atoms with E-state index in [9.17, 15) is 14.7 Å². The molecule has 3 rings (SSSR count). The van der Waals surface area contributed by atoms with Gasteiger partial charge >= 0.3 is 5.97 Å². The lowest BCUT2D eigenvalue weighted by Gasteiger charge is -2.16. The molecule has 0 aliphatic rings. The molecule has 0 bridgehead atoms. The molecule has 0 saturated carbocycles. The van der Waals surface area contributed by atoms with E-state index in [0.29, 0.717) is 22.4 Å². The van der Waals surface area contributed by atoms with Gasteiger partial charge in [-0.2, -0.15) is 0 Å². The van der Waals surface area contributed by atoms with Gasteiger partial charge in [-0.05, 0) is 23.8 Å². The number of rotatable bonds is 7. The monoisotopic (exact) mass is 388 g/mol. The second-order valence-corrected chi connectivity index (χ2v) is 6.22. The molecule has 5 nitrogen and oxygen atoms in total. The third kappa shape index (κ3) is 5.11. The lowest BCUT2D eigenvalue weighted by atomic mass is 10.00. The summed E-state index contributed by atoms with van der Waals surface area (Å²) < 4.78 is 10.5. The highest BCUT2D eigenvalue weighted by Gasteiger charge is 2.25. The van der Waals surface area contributed by atoms with Crippen molar-refractivity contribution in [2.24, 2.45) is 0 Å². The van der Waals surface area contributed by atoms with Gasteiger partial charge in [0.1, 0.15) is 0 Å². The second-order valence-electron chi connectivity index (χ2n) is 6.22. The van der Waals surface area contributed by atoms with Crippen molar-refractivity contribution in [1.29, 1.82) is 0 Å². The van der Waals surface area contributed by atoms with Crippen LogP contribution in [0.5, 0.6) is 11.5 Å². The zero-order valence-corrected chi connectivity index (χ0v) is 15.8. The molecule has 3 aromatic rings. The molecule has 0 radical (unpaired) electrons. The first-order valence-corrected chi connectivity index (χ1v) is 8.98. The van der Waals surface area contributed by atoms with Crippen molar-refractivity contribution in [2.45, 2.75) is 6.10 Å². The Hall–Kier alpha value is -3.86. The van der Waals surface area contributed by atoms with Gasteiger partial charge in [0.15, 0.2) is 17.6 Å². The van der Waals surface area contributed by atoms with Crippen LogP contribution in [0.1, 0.15) is 27.6 Å². The fraction of sp³-hybridized carbons (Fsp3) is 0.0833. The standard InChI is InChI=1S/C24H20O5/c1-28-21-16-17(12-14-20(21)25)13-15-22(26)29-24(19-10-6-3-7-11-19)23(27)18-8-4-2-5-9-18/h2-16,24-25H,1H3/b15-13+/t24-/m0/s1. The molecule has 0 saturated heterocycles. The number of phenols is 1. The summed E-state index contributed by atoms with van der Waals surface area (Å²) in [5.41, 5.74) is 1.69. The average Bonchev–Trinajstić information content (AvgIpc) is 2.77. The number of benzene rings is 3. The topological polar surface area (TPSA) is 72.8 Å². The highest BCUT2D eigenvalue weighted by atomic mass is 16.5. The smallest absolute Gasteiger partial charge is 0.331 e. The Bertz CT molecular complexity index is 1010. The van der Waals surface area contributed by atoms with Crippen LogP contribution < -0.4 is 4.74 Å². The molecule has 0 aliphatic heterocycles. The summed E-state index contributed by atoms with van der Waals surface area (Å²) in [5.74, 6) is -0.660. The van der Waals surface area contributed by atoms with Crippen LogP contribution in [-0.4, -0.2) is 24.0 Å². The van der Waals surface area contributed by atoms with Gasteiger partial charge < -0.3 is 14.6 Å². The van der Waals surface area contributed by atoms with E-state index in [2.05, 4.69) is 0 Å². The summed E-state index contributed by atoms with van der Waals surface area (Å²) in [6, 6.07) is 22.3. The van der Waals surface area contributed by atoms with Gasteiger partial charge in [0.2, 0.25) is 5.78 Å². The molecule has 1 atom stereocenters. The molecular weight excluding hydrogens is 368 g/mol. The minimum absolute atomic E-state index is 0.00447. The second kappa shape index (κ2) is 9.37. The summed E-state index contributed by atoms with van der Waals surface area (Å²) in [4.78, 5) is 25.3. The number of hydrogen-bond donors (Lipinski definition) is 1. The zero-order valence-electron chi connectivity index (χ0n) is 15.8. The summed E-state index contributed by atoms with van der Waals surface area (Å²) >= 11 is 0. The SMILES string of the molecule is COc1cc(/C=C/C(=O)O[C@H](C(=O)c2ccccc2)c2ccccc2)ccc1O. The summed E-state index contributed by atoms with van der Waals surface area (Å²) in [5, 5.41) is 9.65. The molecular formula is C24H20O5. The minimum atomic E-state index is -1.05. The predicted octanol–water partition coefficient (Wildman–Crippen LogP) is 4.58. The lowest BCUT2D eigenvalue weighted by molar-refractivity contribution is -0.141. The number of ketones is 1. The molecule has 3 aromatic carbocycles. The van der Waals surface area contributed by atoms with E-state index >= 15 is 0 Å². The van der Waals surface area contributed by atoms with Crippen LogP contribution in [0.15, 0.2) is 84.9 Å². The van der Waals surface area contributed by atoms with Crippen molar-refractivity contribution >= 4 is 17.8 Å². The summed E-state index contributed by atoms with van der Waals surface area (Å²) in [6.45, 7) is 0. The maximum atomic E-state index is 12.9. The molecule has 0 fully saturated rings. The van der Waals surface area contributed by atoms with Crippen LogP contribution in [-0.2, 0) is 9.53 Å². The van der Waals surface area contributed by atoms with Gasteiger partial charge in [0.05, 0.1) is 7.11 Å². The Kier molecular flexibility index (Phi) is 6.43. The Balaban J connectivity index is 1.80. The van der Waals surface area contributed by atoms with Gasteiger partial charge in [-0.1, -0.05) is 66.7 Å². The predicted molar refractivity (Wildman–Crippen MR) is 110 cm³/mol. The fourth-order valence-corrected chi connectivity index (χ4v) is 2.77. The van der Waals surface area contributed by atoms with Gasteiger partial charge in [-0.25, -0.2) is 4.79 Å². The van der Waals surface area contributed by atoms with Crippen LogP contribution in [0.2, 0.25) is 0 Å². The average molecular weight is 388 g/mol. The third-order valence-electron chi connectivity index (χ3n) is 4.25. The van der Waals surface area contributed by atoms with Crippen LogP contribution in [0.25, 0.3) is 6.08 Å². The molecule has 0 spiro atoms. The van der Waals surface area contributed by atoms with E-state index in [4.69, 9.17) is 9.47 Å². The first-order chi connectivity index (χ1) is 14.1. The molecule has 0 heterocycles. The van der Waals surface area contributed by atoms with Crippen molar-refractivity contribution in [1.82, 2.24) is 0 Å². The first kappa shape index (κ1) is 19.9. The number of Topliss-reactive ketones (excluding diaryl/α,β-unsaturated/α-hetero) is 1. The van der Waals surface area contributed by atoms with E-state index in [-0.39, 0.29) is 11.5 Å². The number of carbonyl (C=O) groups excluding carboxylic acids is 2. The maximum absolute atomic E-state index is 12.9. The minimum Gasteiger partial charge on any atom is -0.504 e. The molecule has 0 amide bonds. The van der Waals surface area contributed by atoms with Crippen molar-refractivity contribution in [3.05, 3.63) is 102 Å². The first-order valence-electron chi connectivity index (χ1n) is 8.98. The molecule has 0 aromatic heterocycles. The number of aromatic hydroxyl groups is 1. The number of hydrogen-bond acceptors (Lipinski definition) is 5. The third-order valence-corrected chi connectivity index (χ3v) is 4.25. The molecule has 5 heteroatoms. The summed E-state index contributed by atoms with van der Waals surface area (Å²) in [7, 11) is 1.44. The summed E-state index contributed by atoms with van der Waals surface area (Å²) in [6.07, 6.45) is 1.71. The van der Waals surface area contributed by atoms with Crippen LogP contribution in [0.4, 0.5) is 0 Å². The number of esters is 1. The van der Waals surface area contributed by atoms with Gasteiger partial charge in [0.25, 0.3) is 0 Å². The Morgan fingerprint density at radius 2 is 1.59 bits per heavy atom. The molecule has 0 unspecified atom stereocenters. The van der Waals surface area contributed by atoms with E-state index in [0.717, 1.165) is 0 Å². The number of phenolic OH excluding ortho intramolecular Hbond substituents is 1. The highest BCUT2D eigenvalue weighted by molar-refractivity contribution is 6.01. The molecule has 29 heavy (non-hydrogen) atoms. The van der Waals surface area contributed by atoms with E-state index < -0.39 is 12.1 Å². The van der Waals surface area contributed by atoms with Crippen LogP contribution in [0.3, 0.4) is 0 Å². The highest BCUT2D eigenvalue weighted by Crippen LogP contribution is 2.27. The normalized spacial score (nSPS) is 11.8. The van der Waals surface area contributed by atoms with Gasteiger partial charge in [0, 0.05) is 17.2 Å². The Morgan fingerprint density at radius 1 is 0.931 bits per heavy atom. The fourth-order valence-electron chi connectivity index (χ4n) is 2.77. The van der Waals surface area contributed by atoms with Crippen molar-refractivity contribution in [3.63, 3.8) is 0 Å². The molecule has 0 aliphatic carbocycles. The van der Waals surface area contributed by atoms with Gasteiger partial charge in [-0.15, -0.1) is 0 Å². The quantitative estimate of drug-likeness (QED) is 0.364. The molecule has 1 N–H and O–H groups in total. The van der Waals surface area contributed by atoms with E-state index in [1.165, 1.54) is 25.3 Å². The van der Waals surface area contributed by atoms with E-state index in [1.54, 1.807) is 60.7 Å². The van der Waals surface area contributed by atoms with Crippen molar-refractivity contribution in [3.8, 4) is 11.5 Å². The van der Waals surface area contributed by atoms with Crippen LogP contribution in [0, 0.1) is 0 Å². The van der Waals surface area contributed by atoms with Gasteiger partial charge in [-0.3, -0.25) is 4.79 Å². The Morgan fingerprint density at radius 3 is 2.24 bits per heavy atom. The Labute approximate surface area is 168 Å². The number of ether oxygens (including phenoxy) is 2. The zero-order chi connectivity index (χ0) is 20.6. The van der Waals surface area contributed by atoms with Crippen molar-refractivity contribution in [2.75, 3.05) is 7.11 Å².